The summed E-state index contributed by atoms with van der Waals surface area (Å²) < 4.78 is 4.91. The summed E-state index contributed by atoms with van der Waals surface area (Å²) in [5.41, 5.74) is 0.374. The van der Waals surface area contributed by atoms with Crippen LogP contribution >= 0.6 is 0 Å². The Hall–Kier alpha value is -2.14. The second-order valence-electron chi connectivity index (χ2n) is 3.69. The molecule has 0 radical (unpaired) electrons. The van der Waals surface area contributed by atoms with Crippen LogP contribution in [0.5, 0.6) is 11.5 Å². The van der Waals surface area contributed by atoms with Gasteiger partial charge in [0.05, 0.1) is 12.7 Å². The summed E-state index contributed by atoms with van der Waals surface area (Å²) in [4.78, 5) is 22.3. The third kappa shape index (κ3) is 3.18. The molecule has 1 unspecified atom stereocenters. The molecule has 0 aliphatic rings. The quantitative estimate of drug-likeness (QED) is 0.351. The standard InChI is InChI=1S/C13H14O5/c1-8(15)13(17)10(7-14)5-9-3-4-11(16)12(6-9)18-2/h3-8,15-16H,1-2H3. The highest BCUT2D eigenvalue weighted by Gasteiger charge is 2.14. The lowest BCUT2D eigenvalue weighted by Gasteiger charge is -2.05. The average molecular weight is 250 g/mol. The van der Waals surface area contributed by atoms with E-state index in [0.29, 0.717) is 11.8 Å². The van der Waals surface area contributed by atoms with E-state index in [0.717, 1.165) is 0 Å². The molecule has 0 saturated heterocycles. The van der Waals surface area contributed by atoms with Gasteiger partial charge in [0, 0.05) is 0 Å². The Labute approximate surface area is 104 Å². The smallest absolute Gasteiger partial charge is 0.194 e. The Balaban J connectivity index is 3.14. The number of phenols is 1. The van der Waals surface area contributed by atoms with Crippen molar-refractivity contribution in [3.63, 3.8) is 0 Å². The zero-order chi connectivity index (χ0) is 13.7. The molecule has 0 aliphatic carbocycles. The van der Waals surface area contributed by atoms with E-state index in [-0.39, 0.29) is 17.1 Å². The minimum absolute atomic E-state index is 0.0378. The van der Waals surface area contributed by atoms with E-state index < -0.39 is 11.9 Å². The molecule has 5 heteroatoms. The molecule has 1 aromatic rings. The largest absolute Gasteiger partial charge is 0.504 e. The van der Waals surface area contributed by atoms with Crippen LogP contribution in [0, 0.1) is 0 Å². The molecule has 0 heterocycles. The Morgan fingerprint density at radius 2 is 2.11 bits per heavy atom. The van der Waals surface area contributed by atoms with E-state index in [1.807, 2.05) is 0 Å². The van der Waals surface area contributed by atoms with Gasteiger partial charge in [-0.25, -0.2) is 0 Å². The molecule has 1 aromatic carbocycles. The molecule has 5 nitrogen and oxygen atoms in total. The molecule has 1 rings (SSSR count). The minimum Gasteiger partial charge on any atom is -0.504 e. The van der Waals surface area contributed by atoms with Crippen LogP contribution in [-0.2, 0) is 9.59 Å². The van der Waals surface area contributed by atoms with Crippen LogP contribution in [0.15, 0.2) is 23.8 Å². The van der Waals surface area contributed by atoms with Crippen molar-refractivity contribution in [2.45, 2.75) is 13.0 Å². The Morgan fingerprint density at radius 1 is 1.44 bits per heavy atom. The van der Waals surface area contributed by atoms with Gasteiger partial charge in [-0.15, -0.1) is 0 Å². The number of aromatic hydroxyl groups is 1. The van der Waals surface area contributed by atoms with Crippen LogP contribution in [-0.4, -0.2) is 35.5 Å². The number of hydrogen-bond donors (Lipinski definition) is 2. The van der Waals surface area contributed by atoms with Gasteiger partial charge in [0.1, 0.15) is 6.10 Å². The fourth-order valence-electron chi connectivity index (χ4n) is 1.37. The molecule has 2 N–H and O–H groups in total. The van der Waals surface area contributed by atoms with E-state index in [1.165, 1.54) is 38.3 Å². The number of Topliss-reactive ketones (excluding diaryl/α,β-unsaturated/α-hetero) is 1. The zero-order valence-electron chi connectivity index (χ0n) is 10.1. The van der Waals surface area contributed by atoms with E-state index in [1.54, 1.807) is 0 Å². The van der Waals surface area contributed by atoms with Crippen molar-refractivity contribution in [3.8, 4) is 11.5 Å². The van der Waals surface area contributed by atoms with Crippen molar-refractivity contribution < 1.29 is 24.5 Å². The van der Waals surface area contributed by atoms with E-state index in [4.69, 9.17) is 9.84 Å². The molecule has 0 saturated carbocycles. The summed E-state index contributed by atoms with van der Waals surface area (Å²) in [7, 11) is 1.39. The molecule has 0 fully saturated rings. The predicted octanol–water partition coefficient (Wildman–Crippen LogP) is 0.933. The second kappa shape index (κ2) is 5.97. The average Bonchev–Trinajstić information content (AvgIpc) is 2.36. The van der Waals surface area contributed by atoms with Crippen molar-refractivity contribution in [2.75, 3.05) is 7.11 Å². The predicted molar refractivity (Wildman–Crippen MR) is 65.4 cm³/mol. The number of methoxy groups -OCH3 is 1. The number of ether oxygens (including phenoxy) is 1. The van der Waals surface area contributed by atoms with Gasteiger partial charge >= 0.3 is 0 Å². The van der Waals surface area contributed by atoms with Crippen molar-refractivity contribution in [1.29, 1.82) is 0 Å². The first-order valence-electron chi connectivity index (χ1n) is 5.25. The molecule has 0 spiro atoms. The van der Waals surface area contributed by atoms with Gasteiger partial charge < -0.3 is 14.9 Å². The SMILES string of the molecule is COc1cc(C=C(C=O)C(=O)C(C)O)ccc1O. The van der Waals surface area contributed by atoms with Gasteiger partial charge in [-0.1, -0.05) is 6.07 Å². The number of aliphatic hydroxyl groups is 1. The van der Waals surface area contributed by atoms with Crippen LogP contribution in [0.25, 0.3) is 6.08 Å². The van der Waals surface area contributed by atoms with Crippen molar-refractivity contribution >= 4 is 18.1 Å². The molecule has 0 aliphatic heterocycles. The van der Waals surface area contributed by atoms with Gasteiger partial charge in [0.25, 0.3) is 0 Å². The summed E-state index contributed by atoms with van der Waals surface area (Å²) in [5, 5.41) is 18.5. The Morgan fingerprint density at radius 3 is 2.61 bits per heavy atom. The minimum atomic E-state index is -1.24. The molecule has 1 atom stereocenters. The number of benzene rings is 1. The maximum atomic E-state index is 11.5. The second-order valence-corrected chi connectivity index (χ2v) is 3.69. The van der Waals surface area contributed by atoms with Crippen molar-refractivity contribution in [2.24, 2.45) is 0 Å². The normalized spacial score (nSPS) is 12.9. The summed E-state index contributed by atoms with van der Waals surface area (Å²) >= 11 is 0. The summed E-state index contributed by atoms with van der Waals surface area (Å²) in [6.07, 6.45) is 0.471. The molecular formula is C13H14O5. The first-order valence-corrected chi connectivity index (χ1v) is 5.25. The first-order chi connectivity index (χ1) is 8.49. The van der Waals surface area contributed by atoms with Crippen LogP contribution in [0.1, 0.15) is 12.5 Å². The lowest BCUT2D eigenvalue weighted by atomic mass is 10.0. The maximum Gasteiger partial charge on any atom is 0.194 e. The number of phenolic OH excluding ortho intramolecular Hbond substituents is 1. The molecule has 0 amide bonds. The highest BCUT2D eigenvalue weighted by molar-refractivity contribution is 6.17. The highest BCUT2D eigenvalue weighted by atomic mass is 16.5. The molecular weight excluding hydrogens is 236 g/mol. The van der Waals surface area contributed by atoms with E-state index in [2.05, 4.69) is 0 Å². The Bertz CT molecular complexity index is 488. The number of carbonyl (C=O) groups is 2. The van der Waals surface area contributed by atoms with Crippen LogP contribution in [0.3, 0.4) is 0 Å². The van der Waals surface area contributed by atoms with Crippen LogP contribution in [0.4, 0.5) is 0 Å². The number of carbonyl (C=O) groups excluding carboxylic acids is 2. The van der Waals surface area contributed by atoms with Crippen molar-refractivity contribution in [3.05, 3.63) is 29.3 Å². The molecule has 96 valence electrons. The summed E-state index contributed by atoms with van der Waals surface area (Å²) in [5.74, 6) is -0.459. The monoisotopic (exact) mass is 250 g/mol. The third-order valence-electron chi connectivity index (χ3n) is 2.32. The topological polar surface area (TPSA) is 83.8 Å². The fourth-order valence-corrected chi connectivity index (χ4v) is 1.37. The number of aliphatic hydroxyl groups excluding tert-OH is 1. The third-order valence-corrected chi connectivity index (χ3v) is 2.32. The number of aldehydes is 1. The maximum absolute atomic E-state index is 11.5. The van der Waals surface area contributed by atoms with Gasteiger partial charge in [-0.3, -0.25) is 9.59 Å². The van der Waals surface area contributed by atoms with E-state index in [9.17, 15) is 14.7 Å². The van der Waals surface area contributed by atoms with Gasteiger partial charge in [-0.05, 0) is 30.7 Å². The lowest BCUT2D eigenvalue weighted by molar-refractivity contribution is -0.123. The highest BCUT2D eigenvalue weighted by Crippen LogP contribution is 2.27. The van der Waals surface area contributed by atoms with Gasteiger partial charge in [-0.2, -0.15) is 0 Å². The Kier molecular flexibility index (Phi) is 4.62. The molecule has 0 bridgehead atoms. The summed E-state index contributed by atoms with van der Waals surface area (Å²) in [6.45, 7) is 1.29. The zero-order valence-corrected chi connectivity index (χ0v) is 10.1. The van der Waals surface area contributed by atoms with E-state index >= 15 is 0 Å². The number of ketones is 1. The van der Waals surface area contributed by atoms with Gasteiger partial charge in [0.2, 0.25) is 0 Å². The number of hydrogen-bond acceptors (Lipinski definition) is 5. The molecule has 0 aromatic heterocycles. The number of rotatable bonds is 5. The molecule has 18 heavy (non-hydrogen) atoms. The van der Waals surface area contributed by atoms with Gasteiger partial charge in [0.15, 0.2) is 23.6 Å². The summed E-state index contributed by atoms with van der Waals surface area (Å²) in [6, 6.07) is 4.39. The van der Waals surface area contributed by atoms with Crippen LogP contribution < -0.4 is 4.74 Å². The first kappa shape index (κ1) is 13.9. The van der Waals surface area contributed by atoms with Crippen molar-refractivity contribution in [1.82, 2.24) is 0 Å². The van der Waals surface area contributed by atoms with Crippen LogP contribution in [0.2, 0.25) is 0 Å². The fraction of sp³-hybridized carbons (Fsp3) is 0.231. The lowest BCUT2D eigenvalue weighted by Crippen LogP contribution is -2.18.